The zero-order valence-corrected chi connectivity index (χ0v) is 14.0. The van der Waals surface area contributed by atoms with Crippen molar-refractivity contribution < 1.29 is 0 Å². The summed E-state index contributed by atoms with van der Waals surface area (Å²) >= 11 is 1.69. The van der Waals surface area contributed by atoms with Crippen LogP contribution in [0.25, 0.3) is 21.6 Å². The molecule has 1 aliphatic carbocycles. The third-order valence-electron chi connectivity index (χ3n) is 4.54. The minimum Gasteiger partial charge on any atom is -0.367 e. The predicted molar refractivity (Wildman–Crippen MR) is 98.0 cm³/mol. The van der Waals surface area contributed by atoms with Crippen LogP contribution in [0.4, 0.5) is 5.82 Å². The van der Waals surface area contributed by atoms with Gasteiger partial charge in [0.05, 0.1) is 10.4 Å². The van der Waals surface area contributed by atoms with Crippen LogP contribution < -0.4 is 5.32 Å². The second-order valence-corrected chi connectivity index (χ2v) is 7.17. The van der Waals surface area contributed by atoms with Crippen LogP contribution in [0.1, 0.15) is 38.5 Å². The Balaban J connectivity index is 1.74. The number of hydrogen-bond donors (Lipinski definition) is 1. The molecule has 4 rings (SSSR count). The van der Waals surface area contributed by atoms with E-state index in [9.17, 15) is 0 Å². The van der Waals surface area contributed by atoms with E-state index in [0.717, 1.165) is 27.4 Å². The van der Waals surface area contributed by atoms with E-state index < -0.39 is 0 Å². The molecule has 1 aliphatic rings. The number of nitrogens with one attached hydrogen (secondary N) is 1. The summed E-state index contributed by atoms with van der Waals surface area (Å²) in [5, 5.41) is 6.92. The first-order valence-electron chi connectivity index (χ1n) is 8.47. The maximum atomic E-state index is 4.86. The maximum Gasteiger partial charge on any atom is 0.172 e. The van der Waals surface area contributed by atoms with E-state index in [1.165, 1.54) is 38.5 Å². The zero-order valence-electron chi connectivity index (χ0n) is 13.2. The van der Waals surface area contributed by atoms with E-state index in [1.54, 1.807) is 11.3 Å². The first-order chi connectivity index (χ1) is 11.4. The van der Waals surface area contributed by atoms with Crippen molar-refractivity contribution in [3.8, 4) is 10.7 Å². The quantitative estimate of drug-likeness (QED) is 0.647. The Kier molecular flexibility index (Phi) is 4.24. The van der Waals surface area contributed by atoms with Crippen molar-refractivity contribution in [3.63, 3.8) is 0 Å². The number of anilines is 1. The molecule has 0 saturated heterocycles. The smallest absolute Gasteiger partial charge is 0.172 e. The van der Waals surface area contributed by atoms with E-state index in [1.807, 2.05) is 6.07 Å². The topological polar surface area (TPSA) is 37.8 Å². The molecular weight excluding hydrogens is 302 g/mol. The van der Waals surface area contributed by atoms with Crippen LogP contribution in [0.3, 0.4) is 0 Å². The molecule has 2 aromatic heterocycles. The average molecular weight is 323 g/mol. The SMILES string of the molecule is c1csc(-c2nc(NC3CCCCCC3)c3ccccc3n2)c1. The monoisotopic (exact) mass is 323 g/mol. The van der Waals surface area contributed by atoms with Crippen LogP contribution in [0, 0.1) is 0 Å². The van der Waals surface area contributed by atoms with Gasteiger partial charge >= 0.3 is 0 Å². The van der Waals surface area contributed by atoms with Crippen molar-refractivity contribution in [2.45, 2.75) is 44.6 Å². The van der Waals surface area contributed by atoms with Crippen LogP contribution in [0.5, 0.6) is 0 Å². The minimum atomic E-state index is 0.534. The van der Waals surface area contributed by atoms with Gasteiger partial charge in [0.25, 0.3) is 0 Å². The number of fused-ring (bicyclic) bond motifs is 1. The van der Waals surface area contributed by atoms with Gasteiger partial charge in [-0.3, -0.25) is 0 Å². The average Bonchev–Trinajstić information content (AvgIpc) is 3.00. The molecule has 0 spiro atoms. The van der Waals surface area contributed by atoms with Gasteiger partial charge in [0.15, 0.2) is 5.82 Å². The highest BCUT2D eigenvalue weighted by Gasteiger charge is 2.16. The lowest BCUT2D eigenvalue weighted by Crippen LogP contribution is -2.19. The third kappa shape index (κ3) is 3.22. The zero-order chi connectivity index (χ0) is 15.5. The Morgan fingerprint density at radius 3 is 2.52 bits per heavy atom. The second kappa shape index (κ2) is 6.67. The Hall–Kier alpha value is -1.94. The molecule has 0 atom stereocenters. The number of aromatic nitrogens is 2. The summed E-state index contributed by atoms with van der Waals surface area (Å²) in [5.41, 5.74) is 1.02. The van der Waals surface area contributed by atoms with E-state index >= 15 is 0 Å². The molecule has 0 bridgehead atoms. The number of nitrogens with zero attached hydrogens (tertiary/aromatic N) is 2. The van der Waals surface area contributed by atoms with E-state index in [4.69, 9.17) is 9.97 Å². The number of rotatable bonds is 3. The minimum absolute atomic E-state index is 0.534. The first kappa shape index (κ1) is 14.6. The van der Waals surface area contributed by atoms with Gasteiger partial charge in [-0.15, -0.1) is 11.3 Å². The fourth-order valence-corrected chi connectivity index (χ4v) is 3.98. The number of benzene rings is 1. The van der Waals surface area contributed by atoms with Crippen LogP contribution in [0.2, 0.25) is 0 Å². The molecule has 1 saturated carbocycles. The van der Waals surface area contributed by atoms with E-state index in [-0.39, 0.29) is 0 Å². The Morgan fingerprint density at radius 2 is 1.74 bits per heavy atom. The molecule has 0 amide bonds. The molecule has 0 unspecified atom stereocenters. The first-order valence-corrected chi connectivity index (χ1v) is 9.35. The highest BCUT2D eigenvalue weighted by atomic mass is 32.1. The van der Waals surface area contributed by atoms with E-state index in [0.29, 0.717) is 6.04 Å². The molecule has 3 nitrogen and oxygen atoms in total. The lowest BCUT2D eigenvalue weighted by Gasteiger charge is -2.18. The number of para-hydroxylation sites is 1. The van der Waals surface area contributed by atoms with Crippen LogP contribution in [-0.4, -0.2) is 16.0 Å². The van der Waals surface area contributed by atoms with E-state index in [2.05, 4.69) is 41.0 Å². The van der Waals surface area contributed by atoms with Crippen LogP contribution >= 0.6 is 11.3 Å². The molecule has 4 heteroatoms. The van der Waals surface area contributed by atoms with Gasteiger partial charge in [-0.2, -0.15) is 0 Å². The second-order valence-electron chi connectivity index (χ2n) is 6.22. The van der Waals surface area contributed by atoms with Crippen molar-refractivity contribution in [2.75, 3.05) is 5.32 Å². The number of hydrogen-bond acceptors (Lipinski definition) is 4. The fraction of sp³-hybridized carbons (Fsp3) is 0.368. The van der Waals surface area contributed by atoms with Gasteiger partial charge < -0.3 is 5.32 Å². The van der Waals surface area contributed by atoms with Gasteiger partial charge in [0, 0.05) is 11.4 Å². The normalized spacial score (nSPS) is 16.3. The van der Waals surface area contributed by atoms with Gasteiger partial charge in [-0.1, -0.05) is 43.9 Å². The highest BCUT2D eigenvalue weighted by molar-refractivity contribution is 7.13. The van der Waals surface area contributed by atoms with Gasteiger partial charge in [0.2, 0.25) is 0 Å². The molecule has 3 aromatic rings. The molecule has 23 heavy (non-hydrogen) atoms. The molecule has 1 N–H and O–H groups in total. The molecule has 118 valence electrons. The van der Waals surface area contributed by atoms with Crippen molar-refractivity contribution in [1.82, 2.24) is 9.97 Å². The van der Waals surface area contributed by atoms with Crippen LogP contribution in [0.15, 0.2) is 41.8 Å². The summed E-state index contributed by atoms with van der Waals surface area (Å²) in [4.78, 5) is 10.7. The standard InChI is InChI=1S/C19H21N3S/c1-2-4-9-14(8-3-1)20-18-15-10-5-6-11-16(15)21-19(22-18)17-12-7-13-23-17/h5-7,10-14H,1-4,8-9H2,(H,20,21,22). The van der Waals surface area contributed by atoms with Crippen molar-refractivity contribution >= 4 is 28.1 Å². The van der Waals surface area contributed by atoms with Crippen LogP contribution in [-0.2, 0) is 0 Å². The summed E-state index contributed by atoms with van der Waals surface area (Å²) in [5.74, 6) is 1.82. The largest absolute Gasteiger partial charge is 0.367 e. The summed E-state index contributed by atoms with van der Waals surface area (Å²) in [6, 6.07) is 13.0. The molecule has 0 aliphatic heterocycles. The third-order valence-corrected chi connectivity index (χ3v) is 5.41. The van der Waals surface area contributed by atoms with Gasteiger partial charge in [-0.05, 0) is 36.4 Å². The summed E-state index contributed by atoms with van der Waals surface area (Å²) in [7, 11) is 0. The lowest BCUT2D eigenvalue weighted by molar-refractivity contribution is 0.618. The predicted octanol–water partition coefficient (Wildman–Crippen LogP) is 5.49. The lowest BCUT2D eigenvalue weighted by atomic mass is 10.1. The molecule has 1 fully saturated rings. The fourth-order valence-electron chi connectivity index (χ4n) is 3.32. The van der Waals surface area contributed by atoms with Crippen molar-refractivity contribution in [1.29, 1.82) is 0 Å². The highest BCUT2D eigenvalue weighted by Crippen LogP contribution is 2.29. The van der Waals surface area contributed by atoms with Gasteiger partial charge in [0.1, 0.15) is 5.82 Å². The maximum absolute atomic E-state index is 4.86. The molecule has 0 radical (unpaired) electrons. The Bertz CT molecular complexity index is 774. The summed E-state index contributed by atoms with van der Waals surface area (Å²) < 4.78 is 0. The summed E-state index contributed by atoms with van der Waals surface area (Å²) in [6.07, 6.45) is 7.85. The van der Waals surface area contributed by atoms with Crippen molar-refractivity contribution in [2.24, 2.45) is 0 Å². The molecule has 2 heterocycles. The molecule has 1 aromatic carbocycles. The summed E-state index contributed by atoms with van der Waals surface area (Å²) in [6.45, 7) is 0. The van der Waals surface area contributed by atoms with Gasteiger partial charge in [-0.25, -0.2) is 9.97 Å². The van der Waals surface area contributed by atoms with Crippen molar-refractivity contribution in [3.05, 3.63) is 41.8 Å². The Labute approximate surface area is 140 Å². The number of thiophene rings is 1. The molecular formula is C19H21N3S. The Morgan fingerprint density at radius 1 is 0.913 bits per heavy atom.